The summed E-state index contributed by atoms with van der Waals surface area (Å²) in [6, 6.07) is 21.4. The SMILES string of the molecule is Cc1ccc(-c2c(N(C)Cc3cccc(F)c3)oc3ccc(C)cc23)cc1. The highest BCUT2D eigenvalue weighted by molar-refractivity contribution is 6.00. The minimum Gasteiger partial charge on any atom is -0.440 e. The summed E-state index contributed by atoms with van der Waals surface area (Å²) in [5, 5.41) is 1.10. The average molecular weight is 359 g/mol. The van der Waals surface area contributed by atoms with Crippen LogP contribution in [0.15, 0.2) is 71.1 Å². The highest BCUT2D eigenvalue weighted by Crippen LogP contribution is 2.41. The third-order valence-corrected chi connectivity index (χ3v) is 4.82. The number of halogens is 1. The van der Waals surface area contributed by atoms with E-state index in [2.05, 4.69) is 50.2 Å². The molecule has 3 aromatic carbocycles. The van der Waals surface area contributed by atoms with Crippen molar-refractivity contribution in [1.82, 2.24) is 0 Å². The predicted octanol–water partition coefficient (Wildman–Crippen LogP) is 6.49. The molecule has 3 heteroatoms. The van der Waals surface area contributed by atoms with Crippen LogP contribution in [0, 0.1) is 19.7 Å². The number of anilines is 1. The van der Waals surface area contributed by atoms with Gasteiger partial charge in [0.1, 0.15) is 11.4 Å². The summed E-state index contributed by atoms with van der Waals surface area (Å²) in [6.45, 7) is 4.73. The van der Waals surface area contributed by atoms with Crippen molar-refractivity contribution >= 4 is 16.9 Å². The number of rotatable bonds is 4. The number of hydrogen-bond acceptors (Lipinski definition) is 2. The molecule has 0 spiro atoms. The van der Waals surface area contributed by atoms with Gasteiger partial charge in [0.2, 0.25) is 5.88 Å². The van der Waals surface area contributed by atoms with Crippen LogP contribution < -0.4 is 4.90 Å². The molecule has 0 saturated carbocycles. The molecule has 136 valence electrons. The fourth-order valence-corrected chi connectivity index (χ4v) is 3.45. The van der Waals surface area contributed by atoms with Crippen molar-refractivity contribution < 1.29 is 8.81 Å². The van der Waals surface area contributed by atoms with Gasteiger partial charge in [0.15, 0.2) is 0 Å². The molecule has 4 aromatic rings. The fourth-order valence-electron chi connectivity index (χ4n) is 3.45. The Kier molecular flexibility index (Phi) is 4.44. The highest BCUT2D eigenvalue weighted by atomic mass is 19.1. The summed E-state index contributed by atoms with van der Waals surface area (Å²) < 4.78 is 19.8. The van der Waals surface area contributed by atoms with Crippen LogP contribution in [0.4, 0.5) is 10.3 Å². The quantitative estimate of drug-likeness (QED) is 0.414. The lowest BCUT2D eigenvalue weighted by molar-refractivity contribution is 0.594. The van der Waals surface area contributed by atoms with Gasteiger partial charge in [-0.05, 0) is 49.2 Å². The van der Waals surface area contributed by atoms with Crippen molar-refractivity contribution in [2.45, 2.75) is 20.4 Å². The Morgan fingerprint density at radius 3 is 2.37 bits per heavy atom. The maximum atomic E-state index is 13.6. The van der Waals surface area contributed by atoms with Gasteiger partial charge in [-0.15, -0.1) is 0 Å². The van der Waals surface area contributed by atoms with Crippen LogP contribution in [0.1, 0.15) is 16.7 Å². The predicted molar refractivity (Wildman–Crippen MR) is 110 cm³/mol. The molecule has 0 fully saturated rings. The van der Waals surface area contributed by atoms with Crippen LogP contribution in [0.3, 0.4) is 0 Å². The minimum absolute atomic E-state index is 0.222. The standard InChI is InChI=1S/C24H22FNO/c1-16-7-10-19(11-8-16)23-21-13-17(2)9-12-22(21)27-24(23)26(3)15-18-5-4-6-20(25)14-18/h4-14H,15H2,1-3H3. The summed E-state index contributed by atoms with van der Waals surface area (Å²) in [6.07, 6.45) is 0. The Bertz CT molecular complexity index is 1100. The van der Waals surface area contributed by atoms with Crippen molar-refractivity contribution in [2.75, 3.05) is 11.9 Å². The Balaban J connectivity index is 1.83. The second-order valence-electron chi connectivity index (χ2n) is 7.13. The van der Waals surface area contributed by atoms with Gasteiger partial charge in [0.05, 0.1) is 5.56 Å². The molecule has 0 unspecified atom stereocenters. The van der Waals surface area contributed by atoms with E-state index in [1.807, 2.05) is 24.1 Å². The van der Waals surface area contributed by atoms with Crippen LogP contribution >= 0.6 is 0 Å². The molecule has 0 amide bonds. The molecule has 0 aliphatic rings. The van der Waals surface area contributed by atoms with Crippen LogP contribution in [0.5, 0.6) is 0 Å². The molecule has 0 N–H and O–H groups in total. The lowest BCUT2D eigenvalue weighted by Crippen LogP contribution is -2.16. The Morgan fingerprint density at radius 1 is 0.889 bits per heavy atom. The van der Waals surface area contributed by atoms with E-state index in [-0.39, 0.29) is 5.82 Å². The van der Waals surface area contributed by atoms with E-state index in [1.54, 1.807) is 12.1 Å². The molecule has 0 atom stereocenters. The largest absolute Gasteiger partial charge is 0.440 e. The number of nitrogens with zero attached hydrogens (tertiary/aromatic N) is 1. The molecule has 0 radical (unpaired) electrons. The van der Waals surface area contributed by atoms with E-state index in [1.165, 1.54) is 17.2 Å². The maximum Gasteiger partial charge on any atom is 0.204 e. The first-order chi connectivity index (χ1) is 13.0. The average Bonchev–Trinajstić information content (AvgIpc) is 3.01. The van der Waals surface area contributed by atoms with Gasteiger partial charge in [-0.3, -0.25) is 0 Å². The third-order valence-electron chi connectivity index (χ3n) is 4.82. The van der Waals surface area contributed by atoms with Gasteiger partial charge in [0.25, 0.3) is 0 Å². The van der Waals surface area contributed by atoms with Crippen LogP contribution in [0.2, 0.25) is 0 Å². The summed E-state index contributed by atoms with van der Waals surface area (Å²) in [4.78, 5) is 2.04. The number of hydrogen-bond donors (Lipinski definition) is 0. The van der Waals surface area contributed by atoms with Crippen molar-refractivity contribution in [3.05, 3.63) is 89.2 Å². The van der Waals surface area contributed by atoms with Crippen LogP contribution in [0.25, 0.3) is 22.1 Å². The van der Waals surface area contributed by atoms with Crippen molar-refractivity contribution in [3.8, 4) is 11.1 Å². The summed E-state index contributed by atoms with van der Waals surface area (Å²) >= 11 is 0. The van der Waals surface area contributed by atoms with Gasteiger partial charge in [0, 0.05) is 19.0 Å². The molecule has 0 bridgehead atoms. The first kappa shape index (κ1) is 17.3. The second-order valence-corrected chi connectivity index (χ2v) is 7.13. The summed E-state index contributed by atoms with van der Waals surface area (Å²) in [5.74, 6) is 0.573. The molecule has 0 saturated heterocycles. The van der Waals surface area contributed by atoms with Crippen LogP contribution in [-0.4, -0.2) is 7.05 Å². The zero-order chi connectivity index (χ0) is 19.0. The summed E-state index contributed by atoms with van der Waals surface area (Å²) in [7, 11) is 1.98. The molecule has 1 aromatic heterocycles. The van der Waals surface area contributed by atoms with E-state index in [9.17, 15) is 4.39 Å². The Labute approximate surface area is 158 Å². The first-order valence-electron chi connectivity index (χ1n) is 9.07. The van der Waals surface area contributed by atoms with Crippen molar-refractivity contribution in [1.29, 1.82) is 0 Å². The fraction of sp³-hybridized carbons (Fsp3) is 0.167. The molecular weight excluding hydrogens is 337 g/mol. The molecule has 0 aliphatic carbocycles. The molecule has 2 nitrogen and oxygen atoms in total. The van der Waals surface area contributed by atoms with E-state index >= 15 is 0 Å². The van der Waals surface area contributed by atoms with E-state index in [4.69, 9.17) is 4.42 Å². The number of aryl methyl sites for hydroxylation is 2. The van der Waals surface area contributed by atoms with E-state index < -0.39 is 0 Å². The Morgan fingerprint density at radius 2 is 1.63 bits per heavy atom. The molecular formula is C24H22FNO. The van der Waals surface area contributed by atoms with Gasteiger partial charge < -0.3 is 9.32 Å². The monoisotopic (exact) mass is 359 g/mol. The first-order valence-corrected chi connectivity index (χ1v) is 9.07. The molecule has 0 aliphatic heterocycles. The molecule has 4 rings (SSSR count). The lowest BCUT2D eigenvalue weighted by atomic mass is 10.0. The smallest absolute Gasteiger partial charge is 0.204 e. The zero-order valence-corrected chi connectivity index (χ0v) is 15.8. The van der Waals surface area contributed by atoms with Crippen molar-refractivity contribution in [2.24, 2.45) is 0 Å². The maximum absolute atomic E-state index is 13.6. The third kappa shape index (κ3) is 3.45. The van der Waals surface area contributed by atoms with Gasteiger partial charge in [-0.25, -0.2) is 4.39 Å². The van der Waals surface area contributed by atoms with Gasteiger partial charge >= 0.3 is 0 Å². The van der Waals surface area contributed by atoms with Crippen LogP contribution in [-0.2, 0) is 6.54 Å². The van der Waals surface area contributed by atoms with E-state index in [0.29, 0.717) is 6.54 Å². The lowest BCUT2D eigenvalue weighted by Gasteiger charge is -2.18. The van der Waals surface area contributed by atoms with E-state index in [0.717, 1.165) is 33.5 Å². The topological polar surface area (TPSA) is 16.4 Å². The molecule has 27 heavy (non-hydrogen) atoms. The Hall–Kier alpha value is -3.07. The summed E-state index contributed by atoms with van der Waals surface area (Å²) in [5.41, 5.74) is 6.37. The van der Waals surface area contributed by atoms with Gasteiger partial charge in [-0.2, -0.15) is 0 Å². The van der Waals surface area contributed by atoms with Crippen molar-refractivity contribution in [3.63, 3.8) is 0 Å². The highest BCUT2D eigenvalue weighted by Gasteiger charge is 2.19. The number of furan rings is 1. The van der Waals surface area contributed by atoms with Gasteiger partial charge in [-0.1, -0.05) is 53.6 Å². The number of fused-ring (bicyclic) bond motifs is 1. The zero-order valence-electron chi connectivity index (χ0n) is 15.8. The normalized spacial score (nSPS) is 11.1. The number of benzene rings is 3. The second kappa shape index (κ2) is 6.92. The minimum atomic E-state index is -0.222. The molecule has 1 heterocycles.